The topological polar surface area (TPSA) is 74.6 Å². The summed E-state index contributed by atoms with van der Waals surface area (Å²) in [6.07, 6.45) is 6.59. The normalized spacial score (nSPS) is 32.5. The van der Waals surface area contributed by atoms with E-state index in [2.05, 4.69) is 12.2 Å². The van der Waals surface area contributed by atoms with Crippen LogP contribution in [0, 0.1) is 23.7 Å². The van der Waals surface area contributed by atoms with Crippen LogP contribution in [0.3, 0.4) is 0 Å². The molecule has 2 aliphatic carbocycles. The number of carboxylic acid groups (broad SMARTS) is 2. The molecule has 0 amide bonds. The molecule has 0 spiro atoms. The first-order valence-electron chi connectivity index (χ1n) is 5.22. The molecule has 2 bridgehead atoms. The van der Waals surface area contributed by atoms with Crippen molar-refractivity contribution in [3.8, 4) is 0 Å². The number of hydrogen-bond donors (Lipinski definition) is 2. The smallest absolute Gasteiger partial charge is 0.317 e. The zero-order chi connectivity index (χ0) is 11.0. The van der Waals surface area contributed by atoms with Gasteiger partial charge in [0.15, 0.2) is 5.92 Å². The predicted octanol–water partition coefficient (Wildman–Crippen LogP) is 1.37. The minimum atomic E-state index is -1.23. The van der Waals surface area contributed by atoms with Crippen LogP contribution < -0.4 is 0 Å². The Morgan fingerprint density at radius 3 is 2.27 bits per heavy atom. The molecule has 2 aliphatic rings. The van der Waals surface area contributed by atoms with Crippen molar-refractivity contribution < 1.29 is 19.8 Å². The fourth-order valence-corrected chi connectivity index (χ4v) is 2.78. The Balaban J connectivity index is 1.99. The van der Waals surface area contributed by atoms with E-state index in [9.17, 15) is 9.59 Å². The van der Waals surface area contributed by atoms with Crippen molar-refractivity contribution in [3.63, 3.8) is 0 Å². The van der Waals surface area contributed by atoms with E-state index >= 15 is 0 Å². The molecule has 0 aromatic heterocycles. The van der Waals surface area contributed by atoms with E-state index in [1.165, 1.54) is 0 Å². The quantitative estimate of drug-likeness (QED) is 0.543. The van der Waals surface area contributed by atoms with E-state index in [4.69, 9.17) is 10.2 Å². The number of carbonyl (C=O) groups is 2. The molecule has 0 radical (unpaired) electrons. The highest BCUT2D eigenvalue weighted by Crippen LogP contribution is 2.45. The largest absolute Gasteiger partial charge is 0.481 e. The van der Waals surface area contributed by atoms with Crippen molar-refractivity contribution in [2.24, 2.45) is 23.7 Å². The minimum Gasteiger partial charge on any atom is -0.481 e. The molecule has 0 aromatic rings. The fraction of sp³-hybridized carbons (Fsp3) is 0.636. The molecular formula is C11H14O4. The first kappa shape index (κ1) is 10.2. The van der Waals surface area contributed by atoms with Crippen LogP contribution in [0.2, 0.25) is 0 Å². The van der Waals surface area contributed by atoms with Gasteiger partial charge in [-0.05, 0) is 37.0 Å². The summed E-state index contributed by atoms with van der Waals surface area (Å²) in [7, 11) is 0. The lowest BCUT2D eigenvalue weighted by molar-refractivity contribution is -0.155. The van der Waals surface area contributed by atoms with Gasteiger partial charge in [0.05, 0.1) is 0 Å². The second-order valence-corrected chi connectivity index (χ2v) is 4.51. The standard InChI is InChI=1S/C11H14O4/c12-10(13)9(11(14)15)5-8-4-6-1-2-7(8)3-6/h1-2,6-9H,3-5H2,(H,12,13)(H,14,15). The average Bonchev–Trinajstić information content (AvgIpc) is 2.73. The molecule has 0 aliphatic heterocycles. The van der Waals surface area contributed by atoms with Crippen molar-refractivity contribution in [3.05, 3.63) is 12.2 Å². The third-order valence-electron chi connectivity index (χ3n) is 3.55. The molecule has 1 saturated carbocycles. The summed E-state index contributed by atoms with van der Waals surface area (Å²) in [6.45, 7) is 0. The van der Waals surface area contributed by atoms with Gasteiger partial charge in [-0.3, -0.25) is 9.59 Å². The predicted molar refractivity (Wildman–Crippen MR) is 52.2 cm³/mol. The number of carboxylic acids is 2. The maximum absolute atomic E-state index is 10.7. The molecule has 15 heavy (non-hydrogen) atoms. The molecular weight excluding hydrogens is 196 g/mol. The van der Waals surface area contributed by atoms with Crippen LogP contribution in [0.1, 0.15) is 19.3 Å². The molecule has 3 atom stereocenters. The van der Waals surface area contributed by atoms with Gasteiger partial charge in [0.1, 0.15) is 0 Å². The van der Waals surface area contributed by atoms with Gasteiger partial charge >= 0.3 is 11.9 Å². The molecule has 4 nitrogen and oxygen atoms in total. The van der Waals surface area contributed by atoms with Gasteiger partial charge in [0, 0.05) is 0 Å². The Morgan fingerprint density at radius 1 is 1.20 bits per heavy atom. The van der Waals surface area contributed by atoms with E-state index in [0.717, 1.165) is 12.8 Å². The molecule has 4 heteroatoms. The van der Waals surface area contributed by atoms with Gasteiger partial charge in [-0.15, -0.1) is 0 Å². The van der Waals surface area contributed by atoms with Crippen molar-refractivity contribution in [2.45, 2.75) is 19.3 Å². The summed E-state index contributed by atoms with van der Waals surface area (Å²) < 4.78 is 0. The second kappa shape index (κ2) is 3.68. The fourth-order valence-electron chi connectivity index (χ4n) is 2.78. The van der Waals surface area contributed by atoms with Crippen LogP contribution in [-0.2, 0) is 9.59 Å². The maximum atomic E-state index is 10.7. The minimum absolute atomic E-state index is 0.247. The maximum Gasteiger partial charge on any atom is 0.317 e. The molecule has 1 fully saturated rings. The molecule has 0 saturated heterocycles. The average molecular weight is 210 g/mol. The lowest BCUT2D eigenvalue weighted by atomic mass is 9.85. The Hall–Kier alpha value is -1.32. The summed E-state index contributed by atoms with van der Waals surface area (Å²) >= 11 is 0. The highest BCUT2D eigenvalue weighted by Gasteiger charge is 2.39. The molecule has 82 valence electrons. The van der Waals surface area contributed by atoms with E-state index in [0.29, 0.717) is 11.8 Å². The van der Waals surface area contributed by atoms with E-state index in [1.807, 2.05) is 0 Å². The van der Waals surface area contributed by atoms with Gasteiger partial charge < -0.3 is 10.2 Å². The Bertz CT molecular complexity index is 307. The van der Waals surface area contributed by atoms with Crippen LogP contribution >= 0.6 is 0 Å². The van der Waals surface area contributed by atoms with Crippen LogP contribution in [0.5, 0.6) is 0 Å². The third-order valence-corrected chi connectivity index (χ3v) is 3.55. The highest BCUT2D eigenvalue weighted by atomic mass is 16.4. The number of allylic oxidation sites excluding steroid dienone is 2. The third kappa shape index (κ3) is 1.89. The summed E-state index contributed by atoms with van der Waals surface area (Å²) in [4.78, 5) is 21.5. The van der Waals surface area contributed by atoms with Crippen molar-refractivity contribution in [1.29, 1.82) is 0 Å². The van der Waals surface area contributed by atoms with Gasteiger partial charge in [-0.2, -0.15) is 0 Å². The van der Waals surface area contributed by atoms with E-state index in [1.54, 1.807) is 0 Å². The summed E-state index contributed by atoms with van der Waals surface area (Å²) in [6, 6.07) is 0. The Morgan fingerprint density at radius 2 is 1.87 bits per heavy atom. The number of fused-ring (bicyclic) bond motifs is 2. The van der Waals surface area contributed by atoms with Crippen LogP contribution in [0.25, 0.3) is 0 Å². The van der Waals surface area contributed by atoms with Crippen LogP contribution in [-0.4, -0.2) is 22.2 Å². The number of aliphatic carboxylic acids is 2. The Kier molecular flexibility index (Phi) is 2.50. The lowest BCUT2D eigenvalue weighted by Gasteiger charge is -2.19. The SMILES string of the molecule is O=C(O)C(CC1CC2C=CC1C2)C(=O)O. The molecule has 0 heterocycles. The van der Waals surface area contributed by atoms with Crippen LogP contribution in [0.15, 0.2) is 12.2 Å². The molecule has 2 N–H and O–H groups in total. The van der Waals surface area contributed by atoms with Gasteiger partial charge in [-0.1, -0.05) is 12.2 Å². The summed E-state index contributed by atoms with van der Waals surface area (Å²) in [5.74, 6) is -2.44. The van der Waals surface area contributed by atoms with Crippen LogP contribution in [0.4, 0.5) is 0 Å². The Labute approximate surface area is 87.6 Å². The number of hydrogen-bond acceptors (Lipinski definition) is 2. The first-order valence-corrected chi connectivity index (χ1v) is 5.22. The van der Waals surface area contributed by atoms with E-state index < -0.39 is 17.9 Å². The number of rotatable bonds is 4. The zero-order valence-corrected chi connectivity index (χ0v) is 8.30. The second-order valence-electron chi connectivity index (χ2n) is 4.51. The molecule has 3 unspecified atom stereocenters. The highest BCUT2D eigenvalue weighted by molar-refractivity contribution is 5.92. The first-order chi connectivity index (χ1) is 7.08. The summed E-state index contributed by atoms with van der Waals surface area (Å²) in [5.41, 5.74) is 0. The molecule has 0 aromatic carbocycles. The zero-order valence-electron chi connectivity index (χ0n) is 8.30. The van der Waals surface area contributed by atoms with Crippen molar-refractivity contribution in [1.82, 2.24) is 0 Å². The lowest BCUT2D eigenvalue weighted by Crippen LogP contribution is -2.27. The van der Waals surface area contributed by atoms with E-state index in [-0.39, 0.29) is 12.3 Å². The monoisotopic (exact) mass is 210 g/mol. The van der Waals surface area contributed by atoms with Gasteiger partial charge in [0.25, 0.3) is 0 Å². The molecule has 2 rings (SSSR count). The van der Waals surface area contributed by atoms with Gasteiger partial charge in [0.2, 0.25) is 0 Å². The van der Waals surface area contributed by atoms with Crippen molar-refractivity contribution >= 4 is 11.9 Å². The summed E-state index contributed by atoms with van der Waals surface area (Å²) in [5, 5.41) is 17.6. The van der Waals surface area contributed by atoms with Crippen molar-refractivity contribution in [2.75, 3.05) is 0 Å². The van der Waals surface area contributed by atoms with Gasteiger partial charge in [-0.25, -0.2) is 0 Å².